The third-order valence-electron chi connectivity index (χ3n) is 3.30. The van der Waals surface area contributed by atoms with Gasteiger partial charge in [-0.05, 0) is 52.7 Å². The van der Waals surface area contributed by atoms with Gasteiger partial charge in [0.1, 0.15) is 5.60 Å². The Morgan fingerprint density at radius 3 is 2.67 bits per heavy atom. The molecule has 0 bridgehead atoms. The van der Waals surface area contributed by atoms with Gasteiger partial charge in [0.25, 0.3) is 0 Å². The van der Waals surface area contributed by atoms with Gasteiger partial charge in [-0.25, -0.2) is 4.79 Å². The van der Waals surface area contributed by atoms with Crippen LogP contribution in [-0.2, 0) is 11.2 Å². The monoisotopic (exact) mass is 288 g/mol. The first kappa shape index (κ1) is 15.4. The van der Waals surface area contributed by atoms with E-state index >= 15 is 0 Å². The molecule has 0 aliphatic carbocycles. The summed E-state index contributed by atoms with van der Waals surface area (Å²) in [5, 5.41) is 4.11. The number of rotatable bonds is 3. The summed E-state index contributed by atoms with van der Waals surface area (Å²) in [4.78, 5) is 15.2. The SMILES string of the molecule is Cc1[nH]c2ccccc2c1CC(C)NC(=O)OC(C)(C)C. The standard InChI is InChI=1S/C17H24N2O2/c1-11(18-16(20)21-17(3,4)5)10-14-12(2)19-15-9-7-6-8-13(14)15/h6-9,11,19H,10H2,1-5H3,(H,18,20). The second-order valence-corrected chi connectivity index (χ2v) is 6.53. The maximum absolute atomic E-state index is 11.8. The molecule has 1 aromatic carbocycles. The highest BCUT2D eigenvalue weighted by Gasteiger charge is 2.19. The molecule has 0 fully saturated rings. The van der Waals surface area contributed by atoms with Crippen LogP contribution in [0.3, 0.4) is 0 Å². The molecule has 1 unspecified atom stereocenters. The fraction of sp³-hybridized carbons (Fsp3) is 0.471. The Hall–Kier alpha value is -1.97. The van der Waals surface area contributed by atoms with Gasteiger partial charge in [0.2, 0.25) is 0 Å². The molecular weight excluding hydrogens is 264 g/mol. The van der Waals surface area contributed by atoms with E-state index in [4.69, 9.17) is 4.74 Å². The molecule has 114 valence electrons. The zero-order chi connectivity index (χ0) is 15.6. The van der Waals surface area contributed by atoms with E-state index in [0.717, 1.165) is 17.6 Å². The summed E-state index contributed by atoms with van der Waals surface area (Å²) in [5.41, 5.74) is 3.05. The zero-order valence-electron chi connectivity index (χ0n) is 13.4. The fourth-order valence-corrected chi connectivity index (χ4v) is 2.46. The topological polar surface area (TPSA) is 54.1 Å². The summed E-state index contributed by atoms with van der Waals surface area (Å²) in [6.07, 6.45) is 0.405. The minimum Gasteiger partial charge on any atom is -0.444 e. The van der Waals surface area contributed by atoms with Crippen molar-refractivity contribution in [3.63, 3.8) is 0 Å². The molecule has 0 saturated carbocycles. The van der Waals surface area contributed by atoms with Crippen molar-refractivity contribution in [2.75, 3.05) is 0 Å². The first-order chi connectivity index (χ1) is 9.76. The van der Waals surface area contributed by atoms with Crippen LogP contribution < -0.4 is 5.32 Å². The summed E-state index contributed by atoms with van der Waals surface area (Å²) >= 11 is 0. The lowest BCUT2D eigenvalue weighted by atomic mass is 10.0. The second kappa shape index (κ2) is 5.80. The second-order valence-electron chi connectivity index (χ2n) is 6.53. The summed E-state index contributed by atoms with van der Waals surface area (Å²) in [6.45, 7) is 9.64. The van der Waals surface area contributed by atoms with E-state index in [1.165, 1.54) is 10.9 Å². The van der Waals surface area contributed by atoms with Gasteiger partial charge in [-0.1, -0.05) is 18.2 Å². The Kier molecular flexibility index (Phi) is 4.26. The molecule has 0 saturated heterocycles. The Labute approximate surface area is 125 Å². The van der Waals surface area contributed by atoms with Gasteiger partial charge in [0.15, 0.2) is 0 Å². The smallest absolute Gasteiger partial charge is 0.407 e. The van der Waals surface area contributed by atoms with Gasteiger partial charge < -0.3 is 15.0 Å². The Morgan fingerprint density at radius 2 is 2.00 bits per heavy atom. The number of ether oxygens (including phenoxy) is 1. The number of nitrogens with one attached hydrogen (secondary N) is 2. The summed E-state index contributed by atoms with van der Waals surface area (Å²) in [5.74, 6) is 0. The molecule has 0 aliphatic rings. The molecule has 21 heavy (non-hydrogen) atoms. The summed E-state index contributed by atoms with van der Waals surface area (Å²) in [6, 6.07) is 8.24. The molecule has 1 aromatic heterocycles. The largest absolute Gasteiger partial charge is 0.444 e. The number of para-hydroxylation sites is 1. The van der Waals surface area contributed by atoms with Crippen LogP contribution >= 0.6 is 0 Å². The van der Waals surface area contributed by atoms with Crippen molar-refractivity contribution in [2.45, 2.75) is 52.7 Å². The number of aromatic amines is 1. The Balaban J connectivity index is 2.06. The van der Waals surface area contributed by atoms with Crippen LogP contribution in [0, 0.1) is 6.92 Å². The lowest BCUT2D eigenvalue weighted by molar-refractivity contribution is 0.0508. The van der Waals surface area contributed by atoms with E-state index in [1.54, 1.807) is 0 Å². The van der Waals surface area contributed by atoms with E-state index in [0.29, 0.717) is 0 Å². The van der Waals surface area contributed by atoms with Crippen LogP contribution in [-0.4, -0.2) is 22.7 Å². The van der Waals surface area contributed by atoms with Crippen LogP contribution in [0.25, 0.3) is 10.9 Å². The van der Waals surface area contributed by atoms with Crippen LogP contribution in [0.2, 0.25) is 0 Å². The zero-order valence-corrected chi connectivity index (χ0v) is 13.4. The van der Waals surface area contributed by atoms with Crippen molar-refractivity contribution < 1.29 is 9.53 Å². The van der Waals surface area contributed by atoms with Crippen molar-refractivity contribution in [3.05, 3.63) is 35.5 Å². The van der Waals surface area contributed by atoms with Crippen molar-refractivity contribution in [2.24, 2.45) is 0 Å². The molecule has 0 aliphatic heterocycles. The molecule has 4 heteroatoms. The van der Waals surface area contributed by atoms with Crippen molar-refractivity contribution in [1.29, 1.82) is 0 Å². The fourth-order valence-electron chi connectivity index (χ4n) is 2.46. The van der Waals surface area contributed by atoms with E-state index in [2.05, 4.69) is 29.4 Å². The lowest BCUT2D eigenvalue weighted by Gasteiger charge is -2.22. The predicted molar refractivity (Wildman–Crippen MR) is 85.6 cm³/mol. The number of H-pyrrole nitrogens is 1. The number of carbonyl (C=O) groups is 1. The first-order valence-corrected chi connectivity index (χ1v) is 7.32. The molecule has 4 nitrogen and oxygen atoms in total. The number of alkyl carbamates (subject to hydrolysis) is 1. The number of aryl methyl sites for hydroxylation is 1. The molecule has 0 spiro atoms. The van der Waals surface area contributed by atoms with Gasteiger partial charge in [-0.3, -0.25) is 0 Å². The normalized spacial score (nSPS) is 13.2. The molecule has 2 N–H and O–H groups in total. The van der Waals surface area contributed by atoms with Gasteiger partial charge in [0.05, 0.1) is 0 Å². The Bertz CT molecular complexity index is 638. The van der Waals surface area contributed by atoms with Crippen molar-refractivity contribution in [3.8, 4) is 0 Å². The van der Waals surface area contributed by atoms with Gasteiger partial charge in [-0.2, -0.15) is 0 Å². The molecular formula is C17H24N2O2. The average Bonchev–Trinajstić information content (AvgIpc) is 2.63. The van der Waals surface area contributed by atoms with Crippen molar-refractivity contribution >= 4 is 17.0 Å². The minimum absolute atomic E-state index is 0.0118. The van der Waals surface area contributed by atoms with Crippen LogP contribution in [0.15, 0.2) is 24.3 Å². The number of carbonyl (C=O) groups excluding carboxylic acids is 1. The van der Waals surface area contributed by atoms with Crippen LogP contribution in [0.5, 0.6) is 0 Å². The minimum atomic E-state index is -0.472. The quantitative estimate of drug-likeness (QED) is 0.899. The highest BCUT2D eigenvalue weighted by atomic mass is 16.6. The molecule has 1 amide bonds. The average molecular weight is 288 g/mol. The predicted octanol–water partition coefficient (Wildman–Crippen LogP) is 3.93. The maximum Gasteiger partial charge on any atom is 0.407 e. The lowest BCUT2D eigenvalue weighted by Crippen LogP contribution is -2.38. The van der Waals surface area contributed by atoms with E-state index in [9.17, 15) is 4.79 Å². The van der Waals surface area contributed by atoms with E-state index in [-0.39, 0.29) is 12.1 Å². The molecule has 0 radical (unpaired) electrons. The highest BCUT2D eigenvalue weighted by molar-refractivity contribution is 5.84. The highest BCUT2D eigenvalue weighted by Crippen LogP contribution is 2.23. The van der Waals surface area contributed by atoms with Gasteiger partial charge in [-0.15, -0.1) is 0 Å². The Morgan fingerprint density at radius 1 is 1.33 bits per heavy atom. The number of benzene rings is 1. The third kappa shape index (κ3) is 4.00. The van der Waals surface area contributed by atoms with Crippen LogP contribution in [0.1, 0.15) is 39.0 Å². The summed E-state index contributed by atoms with van der Waals surface area (Å²) < 4.78 is 5.29. The summed E-state index contributed by atoms with van der Waals surface area (Å²) in [7, 11) is 0. The number of hydrogen-bond donors (Lipinski definition) is 2. The molecule has 2 aromatic rings. The van der Waals surface area contributed by atoms with Crippen LogP contribution in [0.4, 0.5) is 4.79 Å². The number of hydrogen-bond acceptors (Lipinski definition) is 2. The molecule has 1 atom stereocenters. The number of amides is 1. The molecule has 1 heterocycles. The van der Waals surface area contributed by atoms with Gasteiger partial charge >= 0.3 is 6.09 Å². The van der Waals surface area contributed by atoms with E-state index < -0.39 is 5.60 Å². The third-order valence-corrected chi connectivity index (χ3v) is 3.30. The maximum atomic E-state index is 11.8. The molecule has 2 rings (SSSR count). The number of fused-ring (bicyclic) bond motifs is 1. The van der Waals surface area contributed by atoms with Gasteiger partial charge in [0, 0.05) is 22.6 Å². The number of aromatic nitrogens is 1. The van der Waals surface area contributed by atoms with Crippen molar-refractivity contribution in [1.82, 2.24) is 10.3 Å². The first-order valence-electron chi connectivity index (χ1n) is 7.32. The van der Waals surface area contributed by atoms with E-state index in [1.807, 2.05) is 39.8 Å².